The van der Waals surface area contributed by atoms with Gasteiger partial charge in [-0.3, -0.25) is 0 Å². The molecule has 0 aliphatic carbocycles. The molecular weight excluding hydrogens is 166 g/mol. The lowest BCUT2D eigenvalue weighted by Gasteiger charge is -2.03. The molecule has 0 amide bonds. The van der Waals surface area contributed by atoms with Crippen LogP contribution in [0.4, 0.5) is 0 Å². The second-order valence-electron chi connectivity index (χ2n) is 2.72. The second kappa shape index (κ2) is 6.17. The number of ether oxygens (including phenoxy) is 1. The van der Waals surface area contributed by atoms with E-state index in [0.717, 1.165) is 18.6 Å². The van der Waals surface area contributed by atoms with E-state index < -0.39 is 0 Å². The smallest absolute Gasteiger partial charge is 0.119 e. The summed E-state index contributed by atoms with van der Waals surface area (Å²) in [7, 11) is 0. The topological polar surface area (TPSA) is 38.7 Å². The number of benzene rings is 1. The van der Waals surface area contributed by atoms with E-state index in [4.69, 9.17) is 4.74 Å². The molecule has 0 bridgehead atoms. The van der Waals surface area contributed by atoms with E-state index in [2.05, 4.69) is 5.18 Å². The Morgan fingerprint density at radius 1 is 1.15 bits per heavy atom. The first-order chi connectivity index (χ1) is 6.43. The van der Waals surface area contributed by atoms with Gasteiger partial charge in [-0.1, -0.05) is 23.4 Å². The van der Waals surface area contributed by atoms with Gasteiger partial charge in [-0.15, -0.1) is 0 Å². The van der Waals surface area contributed by atoms with Crippen molar-refractivity contribution in [2.24, 2.45) is 5.18 Å². The van der Waals surface area contributed by atoms with Crippen LogP contribution in [0.15, 0.2) is 35.5 Å². The summed E-state index contributed by atoms with van der Waals surface area (Å²) in [5.74, 6) is 0.876. The van der Waals surface area contributed by atoms with Crippen LogP contribution in [-0.2, 0) is 0 Å². The molecule has 0 aromatic heterocycles. The molecule has 3 heteroatoms. The molecule has 70 valence electrons. The van der Waals surface area contributed by atoms with Crippen molar-refractivity contribution in [2.75, 3.05) is 13.2 Å². The standard InChI is InChI=1S/C10H13NO2/c12-11-8-4-5-9-13-10-6-2-1-3-7-10/h1-3,6-7H,4-5,8-9H2. The largest absolute Gasteiger partial charge is 0.494 e. The Morgan fingerprint density at radius 2 is 1.92 bits per heavy atom. The normalized spacial score (nSPS) is 9.54. The fourth-order valence-electron chi connectivity index (χ4n) is 0.985. The van der Waals surface area contributed by atoms with Gasteiger partial charge in [0.25, 0.3) is 0 Å². The van der Waals surface area contributed by atoms with Crippen LogP contribution in [0.3, 0.4) is 0 Å². The van der Waals surface area contributed by atoms with Crippen molar-refractivity contribution in [2.45, 2.75) is 12.8 Å². The van der Waals surface area contributed by atoms with Gasteiger partial charge < -0.3 is 4.74 Å². The molecule has 0 unspecified atom stereocenters. The third kappa shape index (κ3) is 4.25. The van der Waals surface area contributed by atoms with Gasteiger partial charge in [0.15, 0.2) is 0 Å². The third-order valence-corrected chi connectivity index (χ3v) is 1.66. The first kappa shape index (κ1) is 9.71. The lowest BCUT2D eigenvalue weighted by atomic mass is 10.3. The number of hydrogen-bond donors (Lipinski definition) is 0. The average molecular weight is 179 g/mol. The lowest BCUT2D eigenvalue weighted by molar-refractivity contribution is 0.308. The third-order valence-electron chi connectivity index (χ3n) is 1.66. The van der Waals surface area contributed by atoms with Crippen LogP contribution in [0.25, 0.3) is 0 Å². The van der Waals surface area contributed by atoms with E-state index in [0.29, 0.717) is 13.2 Å². The molecule has 0 N–H and O–H groups in total. The Morgan fingerprint density at radius 3 is 2.62 bits per heavy atom. The summed E-state index contributed by atoms with van der Waals surface area (Å²) in [6, 6.07) is 9.64. The summed E-state index contributed by atoms with van der Waals surface area (Å²) in [5.41, 5.74) is 0. The Bertz CT molecular complexity index is 236. The zero-order chi connectivity index (χ0) is 9.36. The van der Waals surface area contributed by atoms with E-state index >= 15 is 0 Å². The number of nitrogens with zero attached hydrogens (tertiary/aromatic N) is 1. The minimum absolute atomic E-state index is 0.387. The molecule has 1 aromatic rings. The predicted molar refractivity (Wildman–Crippen MR) is 51.8 cm³/mol. The highest BCUT2D eigenvalue weighted by atomic mass is 16.5. The Balaban J connectivity index is 2.10. The molecule has 0 aliphatic rings. The van der Waals surface area contributed by atoms with Gasteiger partial charge in [-0.05, 0) is 25.0 Å². The van der Waals surface area contributed by atoms with E-state index in [1.54, 1.807) is 0 Å². The average Bonchev–Trinajstić information content (AvgIpc) is 2.19. The molecule has 0 saturated carbocycles. The lowest BCUT2D eigenvalue weighted by Crippen LogP contribution is -1.97. The van der Waals surface area contributed by atoms with Crippen molar-refractivity contribution in [1.29, 1.82) is 0 Å². The zero-order valence-corrected chi connectivity index (χ0v) is 7.48. The summed E-state index contributed by atoms with van der Waals surface area (Å²) < 4.78 is 5.41. The highest BCUT2D eigenvalue weighted by molar-refractivity contribution is 5.20. The minimum atomic E-state index is 0.387. The molecule has 0 radical (unpaired) electrons. The Kier molecular flexibility index (Phi) is 4.61. The van der Waals surface area contributed by atoms with Crippen LogP contribution in [0.2, 0.25) is 0 Å². The first-order valence-electron chi connectivity index (χ1n) is 4.40. The maximum absolute atomic E-state index is 9.75. The maximum atomic E-state index is 9.75. The van der Waals surface area contributed by atoms with Crippen LogP contribution < -0.4 is 4.74 Å². The van der Waals surface area contributed by atoms with E-state index in [1.165, 1.54) is 0 Å². The fraction of sp³-hybridized carbons (Fsp3) is 0.400. The van der Waals surface area contributed by atoms with E-state index in [1.807, 2.05) is 30.3 Å². The second-order valence-corrected chi connectivity index (χ2v) is 2.72. The molecule has 0 spiro atoms. The van der Waals surface area contributed by atoms with Crippen molar-refractivity contribution in [3.05, 3.63) is 35.2 Å². The fourth-order valence-corrected chi connectivity index (χ4v) is 0.985. The van der Waals surface area contributed by atoms with Crippen molar-refractivity contribution in [1.82, 2.24) is 0 Å². The summed E-state index contributed by atoms with van der Waals surface area (Å²) in [6.07, 6.45) is 1.68. The van der Waals surface area contributed by atoms with Crippen molar-refractivity contribution in [3.63, 3.8) is 0 Å². The zero-order valence-electron chi connectivity index (χ0n) is 7.48. The molecule has 1 aromatic carbocycles. The Labute approximate surface area is 77.7 Å². The highest BCUT2D eigenvalue weighted by Crippen LogP contribution is 2.08. The molecule has 0 atom stereocenters. The van der Waals surface area contributed by atoms with Crippen molar-refractivity contribution in [3.8, 4) is 5.75 Å². The molecule has 0 saturated heterocycles. The number of hydrogen-bond acceptors (Lipinski definition) is 3. The van der Waals surface area contributed by atoms with Crippen LogP contribution in [0.5, 0.6) is 5.75 Å². The molecular formula is C10H13NO2. The molecule has 0 fully saturated rings. The number of para-hydroxylation sites is 1. The summed E-state index contributed by atoms with van der Waals surface area (Å²) in [6.45, 7) is 1.04. The molecule has 1 rings (SSSR count). The van der Waals surface area contributed by atoms with E-state index in [9.17, 15) is 4.91 Å². The van der Waals surface area contributed by atoms with Gasteiger partial charge in [0.05, 0.1) is 13.2 Å². The first-order valence-corrected chi connectivity index (χ1v) is 4.40. The quantitative estimate of drug-likeness (QED) is 0.497. The van der Waals surface area contributed by atoms with Gasteiger partial charge >= 0.3 is 0 Å². The van der Waals surface area contributed by atoms with Crippen LogP contribution >= 0.6 is 0 Å². The number of rotatable bonds is 6. The van der Waals surface area contributed by atoms with Gasteiger partial charge in [0.1, 0.15) is 5.75 Å². The SMILES string of the molecule is O=NCCCCOc1ccccc1. The van der Waals surface area contributed by atoms with E-state index in [-0.39, 0.29) is 0 Å². The highest BCUT2D eigenvalue weighted by Gasteiger charge is 1.91. The summed E-state index contributed by atoms with van der Waals surface area (Å²) in [4.78, 5) is 9.75. The van der Waals surface area contributed by atoms with Crippen LogP contribution in [-0.4, -0.2) is 13.2 Å². The molecule has 3 nitrogen and oxygen atoms in total. The summed E-state index contributed by atoms with van der Waals surface area (Å²) >= 11 is 0. The molecule has 0 heterocycles. The van der Waals surface area contributed by atoms with Gasteiger partial charge in [0, 0.05) is 0 Å². The summed E-state index contributed by atoms with van der Waals surface area (Å²) in [5, 5.41) is 2.77. The van der Waals surface area contributed by atoms with Crippen molar-refractivity contribution >= 4 is 0 Å². The van der Waals surface area contributed by atoms with Crippen LogP contribution in [0.1, 0.15) is 12.8 Å². The van der Waals surface area contributed by atoms with Crippen molar-refractivity contribution < 1.29 is 4.74 Å². The van der Waals surface area contributed by atoms with Crippen LogP contribution in [0, 0.1) is 4.91 Å². The predicted octanol–water partition coefficient (Wildman–Crippen LogP) is 2.61. The minimum Gasteiger partial charge on any atom is -0.494 e. The van der Waals surface area contributed by atoms with Gasteiger partial charge in [-0.2, -0.15) is 4.91 Å². The van der Waals surface area contributed by atoms with Gasteiger partial charge in [-0.25, -0.2) is 0 Å². The number of unbranched alkanes of at least 4 members (excludes halogenated alkanes) is 1. The Hall–Kier alpha value is -1.38. The maximum Gasteiger partial charge on any atom is 0.119 e. The van der Waals surface area contributed by atoms with Gasteiger partial charge in [0.2, 0.25) is 0 Å². The number of nitroso groups, excluding NO2 is 1. The molecule has 0 aliphatic heterocycles. The molecule has 13 heavy (non-hydrogen) atoms. The monoisotopic (exact) mass is 179 g/mol.